The number of sulfone groups is 1. The van der Waals surface area contributed by atoms with Gasteiger partial charge < -0.3 is 5.32 Å². The summed E-state index contributed by atoms with van der Waals surface area (Å²) < 4.78 is 26.0. The zero-order valence-electron chi connectivity index (χ0n) is 19.0. The molecule has 34 heavy (non-hydrogen) atoms. The van der Waals surface area contributed by atoms with E-state index in [1.807, 2.05) is 50.2 Å². The van der Waals surface area contributed by atoms with Crippen molar-refractivity contribution in [2.24, 2.45) is 0 Å². The number of pyridine rings is 2. The van der Waals surface area contributed by atoms with E-state index < -0.39 is 9.84 Å². The summed E-state index contributed by atoms with van der Waals surface area (Å²) in [4.78, 5) is 22.2. The molecule has 1 unspecified atom stereocenters. The van der Waals surface area contributed by atoms with Crippen LogP contribution in [0.25, 0.3) is 22.3 Å². The summed E-state index contributed by atoms with van der Waals surface area (Å²) in [6.45, 7) is 4.20. The minimum absolute atomic E-state index is 0.0310. The molecule has 3 aromatic heterocycles. The maximum atomic E-state index is 13.4. The van der Waals surface area contributed by atoms with E-state index in [9.17, 15) is 13.2 Å². The number of hydrogen-bond acceptors (Lipinski definition) is 6. The summed E-state index contributed by atoms with van der Waals surface area (Å²) in [5.41, 5.74) is 5.24. The zero-order chi connectivity index (χ0) is 23.9. The third-order valence-corrected chi connectivity index (χ3v) is 7.94. The van der Waals surface area contributed by atoms with Gasteiger partial charge in [-0.15, -0.1) is 0 Å². The van der Waals surface area contributed by atoms with Gasteiger partial charge >= 0.3 is 0 Å². The molecule has 0 spiro atoms. The molecule has 1 fully saturated rings. The number of nitrogens with zero attached hydrogens (tertiary/aromatic N) is 4. The molecule has 1 N–H and O–H groups in total. The summed E-state index contributed by atoms with van der Waals surface area (Å²) in [5.74, 6) is -0.0719. The van der Waals surface area contributed by atoms with E-state index in [0.29, 0.717) is 41.0 Å². The first kappa shape index (κ1) is 22.2. The van der Waals surface area contributed by atoms with E-state index in [4.69, 9.17) is 4.98 Å². The van der Waals surface area contributed by atoms with Crippen LogP contribution < -0.4 is 5.32 Å². The molecule has 9 heteroatoms. The Kier molecular flexibility index (Phi) is 5.65. The van der Waals surface area contributed by atoms with Gasteiger partial charge in [-0.2, -0.15) is 5.10 Å². The quantitative estimate of drug-likeness (QED) is 0.474. The third kappa shape index (κ3) is 4.31. The van der Waals surface area contributed by atoms with Crippen LogP contribution in [0.15, 0.2) is 54.9 Å². The summed E-state index contributed by atoms with van der Waals surface area (Å²) in [6, 6.07) is 13.1. The second-order valence-electron chi connectivity index (χ2n) is 8.74. The molecule has 8 nitrogen and oxygen atoms in total. The minimum atomic E-state index is -3.11. The van der Waals surface area contributed by atoms with Crippen LogP contribution in [0.2, 0.25) is 0 Å². The first-order chi connectivity index (χ1) is 16.3. The van der Waals surface area contributed by atoms with E-state index in [2.05, 4.69) is 15.4 Å². The van der Waals surface area contributed by atoms with E-state index in [0.717, 1.165) is 16.7 Å². The molecule has 0 saturated carbocycles. The van der Waals surface area contributed by atoms with Crippen molar-refractivity contribution in [3.63, 3.8) is 0 Å². The van der Waals surface area contributed by atoms with Crippen molar-refractivity contribution in [3.8, 4) is 11.3 Å². The molecule has 1 aliphatic rings. The van der Waals surface area contributed by atoms with Crippen molar-refractivity contribution >= 4 is 26.8 Å². The highest BCUT2D eigenvalue weighted by atomic mass is 32.2. The summed E-state index contributed by atoms with van der Waals surface area (Å²) in [7, 11) is -3.11. The maximum Gasteiger partial charge on any atom is 0.252 e. The van der Waals surface area contributed by atoms with Crippen LogP contribution in [0.3, 0.4) is 0 Å². The molecule has 0 aliphatic carbocycles. The largest absolute Gasteiger partial charge is 0.348 e. The van der Waals surface area contributed by atoms with Gasteiger partial charge in [-0.05, 0) is 44.0 Å². The highest BCUT2D eigenvalue weighted by molar-refractivity contribution is 7.91. The van der Waals surface area contributed by atoms with E-state index in [1.54, 1.807) is 23.1 Å². The minimum Gasteiger partial charge on any atom is -0.348 e. The summed E-state index contributed by atoms with van der Waals surface area (Å²) in [6.07, 6.45) is 3.86. The predicted octanol–water partition coefficient (Wildman–Crippen LogP) is 3.40. The molecule has 0 radical (unpaired) electrons. The summed E-state index contributed by atoms with van der Waals surface area (Å²) in [5, 5.41) is 8.28. The topological polar surface area (TPSA) is 107 Å². The number of nitrogens with one attached hydrogen (secondary N) is 1. The molecule has 1 aliphatic heterocycles. The Morgan fingerprint density at radius 2 is 1.85 bits per heavy atom. The molecule has 0 bridgehead atoms. The van der Waals surface area contributed by atoms with Crippen molar-refractivity contribution < 1.29 is 13.2 Å². The fourth-order valence-electron chi connectivity index (χ4n) is 4.37. The first-order valence-electron chi connectivity index (χ1n) is 11.2. The molecular weight excluding hydrogens is 450 g/mol. The van der Waals surface area contributed by atoms with Crippen LogP contribution in [-0.4, -0.2) is 45.6 Å². The van der Waals surface area contributed by atoms with E-state index in [1.165, 1.54) is 0 Å². The number of hydrogen-bond donors (Lipinski definition) is 1. The molecule has 1 atom stereocenters. The van der Waals surface area contributed by atoms with Gasteiger partial charge in [-0.3, -0.25) is 9.78 Å². The number of fused-ring (bicyclic) bond motifs is 1. The monoisotopic (exact) mass is 475 g/mol. The van der Waals surface area contributed by atoms with Gasteiger partial charge in [0.1, 0.15) is 0 Å². The number of aromatic nitrogens is 4. The fourth-order valence-corrected chi connectivity index (χ4v) is 6.06. The Hall–Kier alpha value is -3.59. The van der Waals surface area contributed by atoms with Crippen LogP contribution in [0.4, 0.5) is 0 Å². The number of amides is 1. The van der Waals surface area contributed by atoms with Crippen molar-refractivity contribution in [1.82, 2.24) is 25.1 Å². The Morgan fingerprint density at radius 1 is 1.12 bits per heavy atom. The fraction of sp³-hybridized carbons (Fsp3) is 0.280. The number of carbonyl (C=O) groups is 1. The van der Waals surface area contributed by atoms with Crippen molar-refractivity contribution in [2.75, 3.05) is 11.5 Å². The lowest BCUT2D eigenvalue weighted by molar-refractivity contribution is 0.0952. The Labute approximate surface area is 198 Å². The molecule has 4 aromatic rings. The average Bonchev–Trinajstić information content (AvgIpc) is 3.36. The zero-order valence-corrected chi connectivity index (χ0v) is 19.8. The van der Waals surface area contributed by atoms with Gasteiger partial charge in [-0.25, -0.2) is 18.1 Å². The molecular formula is C25H25N5O3S. The van der Waals surface area contributed by atoms with Crippen molar-refractivity contribution in [3.05, 3.63) is 77.2 Å². The van der Waals surface area contributed by atoms with Gasteiger partial charge in [0.2, 0.25) is 0 Å². The van der Waals surface area contributed by atoms with Crippen LogP contribution in [-0.2, 0) is 16.4 Å². The predicted molar refractivity (Wildman–Crippen MR) is 130 cm³/mol. The first-order valence-corrected chi connectivity index (χ1v) is 13.0. The second kappa shape index (κ2) is 8.64. The lowest BCUT2D eigenvalue weighted by atomic mass is 10.0. The maximum absolute atomic E-state index is 13.4. The van der Waals surface area contributed by atoms with Gasteiger partial charge in [0.25, 0.3) is 5.91 Å². The highest BCUT2D eigenvalue weighted by Gasteiger charge is 2.32. The van der Waals surface area contributed by atoms with Gasteiger partial charge in [0.05, 0.1) is 39.9 Å². The Bertz CT molecular complexity index is 1480. The van der Waals surface area contributed by atoms with Crippen molar-refractivity contribution in [2.45, 2.75) is 32.9 Å². The van der Waals surface area contributed by atoms with Crippen LogP contribution in [0, 0.1) is 13.8 Å². The average molecular weight is 476 g/mol. The number of carbonyl (C=O) groups excluding carboxylic acids is 1. The van der Waals surface area contributed by atoms with Crippen LogP contribution in [0.1, 0.15) is 39.6 Å². The van der Waals surface area contributed by atoms with Crippen LogP contribution in [0.5, 0.6) is 0 Å². The van der Waals surface area contributed by atoms with Gasteiger partial charge in [0, 0.05) is 24.5 Å². The Morgan fingerprint density at radius 3 is 2.53 bits per heavy atom. The number of benzene rings is 1. The molecule has 174 valence electrons. The SMILES string of the molecule is Cc1ccc(-c2cc(C(=O)NCc3ccncc3)c3c(C)nn(C4CCS(=O)(=O)C4)c3n2)cc1. The van der Waals surface area contributed by atoms with Gasteiger partial charge in [-0.1, -0.05) is 29.8 Å². The smallest absolute Gasteiger partial charge is 0.252 e. The normalized spacial score (nSPS) is 17.2. The standard InChI is InChI=1S/C25H25N5O3S/c1-16-3-5-19(6-4-16)22-13-21(25(31)27-14-18-7-10-26-11-8-18)23-17(2)29-30(24(23)28-22)20-9-12-34(32,33)15-20/h3-8,10-11,13,20H,9,12,14-15H2,1-2H3,(H,27,31). The van der Waals surface area contributed by atoms with E-state index >= 15 is 0 Å². The lowest BCUT2D eigenvalue weighted by Gasteiger charge is -2.12. The molecule has 1 aromatic carbocycles. The molecule has 5 rings (SSSR count). The molecule has 4 heterocycles. The van der Waals surface area contributed by atoms with E-state index in [-0.39, 0.29) is 23.5 Å². The second-order valence-corrected chi connectivity index (χ2v) is 11.0. The lowest BCUT2D eigenvalue weighted by Crippen LogP contribution is -2.23. The van der Waals surface area contributed by atoms with Crippen LogP contribution >= 0.6 is 0 Å². The number of rotatable bonds is 5. The number of aryl methyl sites for hydroxylation is 2. The molecule has 1 amide bonds. The third-order valence-electron chi connectivity index (χ3n) is 6.19. The van der Waals surface area contributed by atoms with Gasteiger partial charge in [0.15, 0.2) is 15.5 Å². The molecule has 1 saturated heterocycles. The summed E-state index contributed by atoms with van der Waals surface area (Å²) >= 11 is 0. The Balaban J connectivity index is 1.62. The van der Waals surface area contributed by atoms with Crippen molar-refractivity contribution in [1.29, 1.82) is 0 Å². The highest BCUT2D eigenvalue weighted by Crippen LogP contribution is 2.32.